The van der Waals surface area contributed by atoms with Crippen molar-refractivity contribution in [2.45, 2.75) is 32.9 Å². The average molecular weight is 565 g/mol. The first-order valence-corrected chi connectivity index (χ1v) is 13.7. The first-order valence-electron chi connectivity index (χ1n) is 10.7. The second-order valence-corrected chi connectivity index (χ2v) is 11.0. The van der Waals surface area contributed by atoms with E-state index in [4.69, 9.17) is 39.5 Å². The van der Waals surface area contributed by atoms with E-state index in [0.29, 0.717) is 28.6 Å². The van der Waals surface area contributed by atoms with Crippen LogP contribution in [0.15, 0.2) is 36.4 Å². The Labute approximate surface area is 221 Å². The van der Waals surface area contributed by atoms with Gasteiger partial charge in [-0.3, -0.25) is 13.9 Å². The predicted molar refractivity (Wildman–Crippen MR) is 140 cm³/mol. The number of hydrogen-bond donors (Lipinski definition) is 1. The molecule has 2 rings (SSSR count). The molecular formula is C23H28Cl3N3O5S. The Hall–Kier alpha value is -2.20. The van der Waals surface area contributed by atoms with E-state index in [1.165, 1.54) is 30.2 Å². The van der Waals surface area contributed by atoms with Gasteiger partial charge >= 0.3 is 0 Å². The molecule has 8 nitrogen and oxygen atoms in total. The Kier molecular flexibility index (Phi) is 10.5. The summed E-state index contributed by atoms with van der Waals surface area (Å²) in [5, 5.41) is 3.76. The van der Waals surface area contributed by atoms with Crippen LogP contribution in [0.1, 0.15) is 25.8 Å². The highest BCUT2D eigenvalue weighted by atomic mass is 35.5. The molecule has 0 heterocycles. The maximum Gasteiger partial charge on any atom is 0.244 e. The molecule has 0 aromatic heterocycles. The van der Waals surface area contributed by atoms with Crippen LogP contribution in [-0.2, 0) is 26.2 Å². The summed E-state index contributed by atoms with van der Waals surface area (Å²) in [6, 6.07) is 8.33. The van der Waals surface area contributed by atoms with Gasteiger partial charge in [-0.1, -0.05) is 47.8 Å². The smallest absolute Gasteiger partial charge is 0.244 e. The fourth-order valence-electron chi connectivity index (χ4n) is 3.26. The van der Waals surface area contributed by atoms with Gasteiger partial charge in [0, 0.05) is 28.2 Å². The third-order valence-corrected chi connectivity index (χ3v) is 7.11. The summed E-state index contributed by atoms with van der Waals surface area (Å²) in [5.74, 6) is -0.784. The third kappa shape index (κ3) is 7.90. The minimum atomic E-state index is -3.94. The number of carbonyl (C=O) groups is 2. The zero-order chi connectivity index (χ0) is 26.3. The number of rotatable bonds is 11. The van der Waals surface area contributed by atoms with Gasteiger partial charge in [-0.25, -0.2) is 8.42 Å². The summed E-state index contributed by atoms with van der Waals surface area (Å²) in [6.07, 6.45) is 1.68. The molecule has 1 unspecified atom stereocenters. The molecule has 0 fully saturated rings. The molecule has 35 heavy (non-hydrogen) atoms. The summed E-state index contributed by atoms with van der Waals surface area (Å²) in [4.78, 5) is 27.6. The predicted octanol–water partition coefficient (Wildman–Crippen LogP) is 4.36. The molecule has 0 aliphatic heterocycles. The number of carbonyl (C=O) groups excluding carboxylic acids is 2. The van der Waals surface area contributed by atoms with Crippen LogP contribution in [0.3, 0.4) is 0 Å². The van der Waals surface area contributed by atoms with Gasteiger partial charge in [0.15, 0.2) is 0 Å². The first kappa shape index (κ1) is 29.0. The maximum atomic E-state index is 13.6. The summed E-state index contributed by atoms with van der Waals surface area (Å²) in [6.45, 7) is 3.27. The van der Waals surface area contributed by atoms with Crippen LogP contribution in [-0.4, -0.2) is 57.6 Å². The number of halogens is 3. The van der Waals surface area contributed by atoms with Crippen molar-refractivity contribution in [3.8, 4) is 5.75 Å². The number of methoxy groups -OCH3 is 1. The minimum absolute atomic E-state index is 0.0418. The second kappa shape index (κ2) is 12.7. The Morgan fingerprint density at radius 2 is 1.71 bits per heavy atom. The van der Waals surface area contributed by atoms with Crippen LogP contribution in [0.2, 0.25) is 15.1 Å². The molecule has 0 radical (unpaired) electrons. The van der Waals surface area contributed by atoms with Crippen LogP contribution in [0.4, 0.5) is 5.69 Å². The third-order valence-electron chi connectivity index (χ3n) is 5.16. The number of sulfonamides is 1. The van der Waals surface area contributed by atoms with Crippen molar-refractivity contribution in [2.75, 3.05) is 30.8 Å². The molecule has 192 valence electrons. The van der Waals surface area contributed by atoms with Crippen LogP contribution in [0.25, 0.3) is 0 Å². The highest BCUT2D eigenvalue weighted by Gasteiger charge is 2.31. The molecule has 12 heteroatoms. The molecule has 0 bridgehead atoms. The van der Waals surface area contributed by atoms with Gasteiger partial charge in [-0.15, -0.1) is 0 Å². The van der Waals surface area contributed by atoms with Gasteiger partial charge in [0.25, 0.3) is 0 Å². The van der Waals surface area contributed by atoms with E-state index in [1.807, 2.05) is 6.92 Å². The molecule has 1 N–H and O–H groups in total. The van der Waals surface area contributed by atoms with Gasteiger partial charge in [-0.2, -0.15) is 0 Å². The number of nitrogens with zero attached hydrogens (tertiary/aromatic N) is 2. The van der Waals surface area contributed by atoms with Crippen LogP contribution in [0.5, 0.6) is 5.75 Å². The van der Waals surface area contributed by atoms with Crippen LogP contribution in [0, 0.1) is 0 Å². The molecule has 2 amide bonds. The van der Waals surface area contributed by atoms with E-state index in [-0.39, 0.29) is 28.9 Å². The Morgan fingerprint density at radius 1 is 1.09 bits per heavy atom. The van der Waals surface area contributed by atoms with Crippen molar-refractivity contribution in [3.63, 3.8) is 0 Å². The topological polar surface area (TPSA) is 96.0 Å². The highest BCUT2D eigenvalue weighted by Crippen LogP contribution is 2.33. The van der Waals surface area contributed by atoms with Crippen LogP contribution >= 0.6 is 34.8 Å². The monoisotopic (exact) mass is 563 g/mol. The number of ether oxygens (including phenoxy) is 1. The van der Waals surface area contributed by atoms with Crippen molar-refractivity contribution in [1.82, 2.24) is 10.2 Å². The van der Waals surface area contributed by atoms with E-state index in [1.54, 1.807) is 25.1 Å². The summed E-state index contributed by atoms with van der Waals surface area (Å²) >= 11 is 18.4. The number of hydrogen-bond acceptors (Lipinski definition) is 5. The van der Waals surface area contributed by atoms with Gasteiger partial charge in [0.1, 0.15) is 18.3 Å². The summed E-state index contributed by atoms with van der Waals surface area (Å²) < 4.78 is 31.6. The molecule has 0 saturated heterocycles. The first-order chi connectivity index (χ1) is 16.4. The van der Waals surface area contributed by atoms with Crippen LogP contribution < -0.4 is 14.4 Å². The molecule has 2 aromatic carbocycles. The molecule has 1 atom stereocenters. The van der Waals surface area contributed by atoms with E-state index in [2.05, 4.69) is 5.32 Å². The fourth-order valence-corrected chi connectivity index (χ4v) is 4.74. The molecule has 0 spiro atoms. The lowest BCUT2D eigenvalue weighted by atomic mass is 10.1. The van der Waals surface area contributed by atoms with Gasteiger partial charge in [0.05, 0.1) is 19.1 Å². The Balaban J connectivity index is 2.48. The number of amides is 2. The van der Waals surface area contributed by atoms with E-state index in [9.17, 15) is 18.0 Å². The standard InChI is InChI=1S/C23H28Cl3N3O5S/c1-5-10-27-23(31)15(2)28(13-16-6-7-17(24)11-19(16)26)22(30)14-29(35(4,32)33)20-12-18(25)8-9-21(20)34-3/h6-9,11-12,15H,5,10,13-14H2,1-4H3,(H,27,31). The minimum Gasteiger partial charge on any atom is -0.495 e. The number of benzene rings is 2. The Morgan fingerprint density at radius 3 is 2.29 bits per heavy atom. The lowest BCUT2D eigenvalue weighted by Crippen LogP contribution is -2.51. The molecule has 0 aliphatic carbocycles. The van der Waals surface area contributed by atoms with Gasteiger partial charge in [0.2, 0.25) is 21.8 Å². The fraction of sp³-hybridized carbons (Fsp3) is 0.391. The van der Waals surface area contributed by atoms with Gasteiger partial charge in [-0.05, 0) is 49.2 Å². The number of anilines is 1. The lowest BCUT2D eigenvalue weighted by molar-refractivity contribution is -0.139. The van der Waals surface area contributed by atoms with Gasteiger partial charge < -0.3 is 15.0 Å². The summed E-state index contributed by atoms with van der Waals surface area (Å²) in [5.41, 5.74) is 0.647. The number of nitrogens with one attached hydrogen (secondary N) is 1. The maximum absolute atomic E-state index is 13.6. The quantitative estimate of drug-likeness (QED) is 0.437. The van der Waals surface area contributed by atoms with Crippen molar-refractivity contribution < 1.29 is 22.7 Å². The molecule has 0 saturated carbocycles. The molecule has 0 aliphatic rings. The van der Waals surface area contributed by atoms with E-state index in [0.717, 1.165) is 10.6 Å². The van der Waals surface area contributed by atoms with E-state index >= 15 is 0 Å². The van der Waals surface area contributed by atoms with E-state index < -0.39 is 28.5 Å². The zero-order valence-electron chi connectivity index (χ0n) is 19.8. The largest absolute Gasteiger partial charge is 0.495 e. The van der Waals surface area contributed by atoms with Crippen molar-refractivity contribution in [2.24, 2.45) is 0 Å². The normalized spacial score (nSPS) is 12.1. The zero-order valence-corrected chi connectivity index (χ0v) is 22.9. The van der Waals surface area contributed by atoms with Crippen molar-refractivity contribution in [1.29, 1.82) is 0 Å². The van der Waals surface area contributed by atoms with Crippen molar-refractivity contribution >= 4 is 62.3 Å². The Bertz CT molecular complexity index is 1180. The highest BCUT2D eigenvalue weighted by molar-refractivity contribution is 7.92. The SMILES string of the molecule is CCCNC(=O)C(C)N(Cc1ccc(Cl)cc1Cl)C(=O)CN(c1cc(Cl)ccc1OC)S(C)(=O)=O. The average Bonchev–Trinajstić information content (AvgIpc) is 2.79. The molecule has 2 aromatic rings. The van der Waals surface area contributed by atoms with Crippen molar-refractivity contribution in [3.05, 3.63) is 57.0 Å². The second-order valence-electron chi connectivity index (χ2n) is 7.81. The summed E-state index contributed by atoms with van der Waals surface area (Å²) in [7, 11) is -2.56. The lowest BCUT2D eigenvalue weighted by Gasteiger charge is -2.32. The molecular weight excluding hydrogens is 537 g/mol.